The summed E-state index contributed by atoms with van der Waals surface area (Å²) in [6.45, 7) is 2.90. The largest absolute Gasteiger partial charge is 0.497 e. The van der Waals surface area contributed by atoms with Gasteiger partial charge in [-0.15, -0.1) is 0 Å². The van der Waals surface area contributed by atoms with E-state index in [1.807, 2.05) is 31.2 Å². The first kappa shape index (κ1) is 14.1. The van der Waals surface area contributed by atoms with Crippen LogP contribution in [-0.2, 0) is 4.74 Å². The van der Waals surface area contributed by atoms with Crippen molar-refractivity contribution in [1.82, 2.24) is 4.98 Å². The van der Waals surface area contributed by atoms with Crippen molar-refractivity contribution >= 4 is 16.6 Å². The Kier molecular flexibility index (Phi) is 3.69. The highest BCUT2D eigenvalue weighted by Crippen LogP contribution is 2.29. The van der Waals surface area contributed by atoms with Crippen LogP contribution in [0.4, 0.5) is 5.82 Å². The van der Waals surface area contributed by atoms with E-state index in [4.69, 9.17) is 9.47 Å². The van der Waals surface area contributed by atoms with Crippen LogP contribution in [0.2, 0.25) is 0 Å². The van der Waals surface area contributed by atoms with E-state index in [2.05, 4.69) is 10.3 Å². The van der Waals surface area contributed by atoms with Gasteiger partial charge < -0.3 is 19.9 Å². The van der Waals surface area contributed by atoms with E-state index in [1.54, 1.807) is 13.3 Å². The number of benzene rings is 1. The van der Waals surface area contributed by atoms with Crippen molar-refractivity contribution in [2.45, 2.75) is 25.0 Å². The van der Waals surface area contributed by atoms with Gasteiger partial charge in [-0.2, -0.15) is 0 Å². The Bertz CT molecular complexity index is 646. The predicted molar refractivity (Wildman–Crippen MR) is 81.8 cm³/mol. The van der Waals surface area contributed by atoms with Crippen LogP contribution in [0.3, 0.4) is 0 Å². The molecule has 2 atom stereocenters. The highest BCUT2D eigenvalue weighted by Gasteiger charge is 2.39. The summed E-state index contributed by atoms with van der Waals surface area (Å²) in [7, 11) is 1.64. The number of nitrogens with zero attached hydrogens (tertiary/aromatic N) is 1. The molecule has 0 aliphatic carbocycles. The van der Waals surface area contributed by atoms with Crippen LogP contribution in [-0.4, -0.2) is 42.1 Å². The summed E-state index contributed by atoms with van der Waals surface area (Å²) in [5.41, 5.74) is -0.845. The van der Waals surface area contributed by atoms with Crippen LogP contribution in [0.5, 0.6) is 5.75 Å². The highest BCUT2D eigenvalue weighted by molar-refractivity contribution is 5.92. The minimum absolute atomic E-state index is 0.172. The molecule has 0 amide bonds. The third kappa shape index (κ3) is 2.66. The molecule has 1 fully saturated rings. The summed E-state index contributed by atoms with van der Waals surface area (Å²) in [4.78, 5) is 4.38. The fourth-order valence-corrected chi connectivity index (χ4v) is 2.66. The van der Waals surface area contributed by atoms with Gasteiger partial charge in [0.15, 0.2) is 0 Å². The second kappa shape index (κ2) is 5.50. The van der Waals surface area contributed by atoms with Crippen molar-refractivity contribution < 1.29 is 14.6 Å². The van der Waals surface area contributed by atoms with Crippen LogP contribution in [0.1, 0.15) is 13.3 Å². The standard InChI is InChI=1S/C16H20N2O3/c1-11-16(19,6-8-21-11)10-18-15-14-9-13(20-2)4-3-12(14)5-7-17-15/h3-5,7,9,11,19H,6,8,10H2,1-2H3,(H,17,18). The maximum Gasteiger partial charge on any atom is 0.134 e. The maximum atomic E-state index is 10.6. The summed E-state index contributed by atoms with van der Waals surface area (Å²) in [5.74, 6) is 1.54. The second-order valence-corrected chi connectivity index (χ2v) is 5.47. The van der Waals surface area contributed by atoms with Gasteiger partial charge in [0.1, 0.15) is 17.2 Å². The van der Waals surface area contributed by atoms with Gasteiger partial charge in [0.2, 0.25) is 0 Å². The fraction of sp³-hybridized carbons (Fsp3) is 0.438. The minimum Gasteiger partial charge on any atom is -0.497 e. The molecule has 0 saturated carbocycles. The normalized spacial score (nSPS) is 25.2. The molecule has 1 saturated heterocycles. The number of hydrogen-bond donors (Lipinski definition) is 2. The van der Waals surface area contributed by atoms with Gasteiger partial charge >= 0.3 is 0 Å². The molecule has 2 N–H and O–H groups in total. The Balaban J connectivity index is 1.86. The summed E-state index contributed by atoms with van der Waals surface area (Å²) < 4.78 is 10.7. The molecule has 1 aliphatic rings. The van der Waals surface area contributed by atoms with Gasteiger partial charge in [0, 0.05) is 31.2 Å². The topological polar surface area (TPSA) is 63.6 Å². The lowest BCUT2D eigenvalue weighted by molar-refractivity contribution is -0.0176. The van der Waals surface area contributed by atoms with Crippen LogP contribution >= 0.6 is 0 Å². The molecule has 2 aromatic rings. The number of anilines is 1. The Labute approximate surface area is 123 Å². The third-order valence-electron chi connectivity index (χ3n) is 4.19. The molecule has 112 valence electrons. The highest BCUT2D eigenvalue weighted by atomic mass is 16.5. The van der Waals surface area contributed by atoms with Gasteiger partial charge in [-0.1, -0.05) is 6.07 Å². The van der Waals surface area contributed by atoms with Gasteiger partial charge in [0.25, 0.3) is 0 Å². The van der Waals surface area contributed by atoms with E-state index in [1.165, 1.54) is 0 Å². The molecule has 3 rings (SSSR count). The summed E-state index contributed by atoms with van der Waals surface area (Å²) in [6.07, 6.45) is 2.22. The van der Waals surface area contributed by atoms with Crippen molar-refractivity contribution in [3.05, 3.63) is 30.5 Å². The monoisotopic (exact) mass is 288 g/mol. The van der Waals surface area contributed by atoms with E-state index in [0.29, 0.717) is 19.6 Å². The molecule has 1 aliphatic heterocycles. The third-order valence-corrected chi connectivity index (χ3v) is 4.19. The number of nitrogens with one attached hydrogen (secondary N) is 1. The first-order valence-electron chi connectivity index (χ1n) is 7.13. The summed E-state index contributed by atoms with van der Waals surface area (Å²) in [6, 6.07) is 7.82. The number of aliphatic hydroxyl groups is 1. The second-order valence-electron chi connectivity index (χ2n) is 5.47. The first-order chi connectivity index (χ1) is 10.1. The molecule has 0 bridgehead atoms. The van der Waals surface area contributed by atoms with Crippen molar-refractivity contribution in [3.63, 3.8) is 0 Å². The molecule has 0 radical (unpaired) electrons. The van der Waals surface area contributed by atoms with E-state index in [9.17, 15) is 5.11 Å². The lowest BCUT2D eigenvalue weighted by Gasteiger charge is -2.26. The molecule has 5 nitrogen and oxygen atoms in total. The number of hydrogen-bond acceptors (Lipinski definition) is 5. The quantitative estimate of drug-likeness (QED) is 0.903. The molecule has 0 spiro atoms. The number of fused-ring (bicyclic) bond motifs is 1. The van der Waals surface area contributed by atoms with Crippen molar-refractivity contribution in [1.29, 1.82) is 0 Å². The van der Waals surface area contributed by atoms with Crippen LogP contribution in [0.25, 0.3) is 10.8 Å². The molecular weight excluding hydrogens is 268 g/mol. The Morgan fingerprint density at radius 1 is 1.48 bits per heavy atom. The van der Waals surface area contributed by atoms with Gasteiger partial charge in [-0.25, -0.2) is 4.98 Å². The lowest BCUT2D eigenvalue weighted by Crippen LogP contribution is -2.43. The zero-order valence-electron chi connectivity index (χ0n) is 12.3. The molecule has 2 unspecified atom stereocenters. The van der Waals surface area contributed by atoms with E-state index < -0.39 is 5.60 Å². The molecule has 5 heteroatoms. The summed E-state index contributed by atoms with van der Waals surface area (Å²) >= 11 is 0. The van der Waals surface area contributed by atoms with E-state index in [-0.39, 0.29) is 6.10 Å². The molecular formula is C16H20N2O3. The first-order valence-corrected chi connectivity index (χ1v) is 7.13. The van der Waals surface area contributed by atoms with E-state index in [0.717, 1.165) is 22.3 Å². The number of methoxy groups -OCH3 is 1. The number of aromatic nitrogens is 1. The average Bonchev–Trinajstić information content (AvgIpc) is 2.84. The smallest absolute Gasteiger partial charge is 0.134 e. The van der Waals surface area contributed by atoms with Gasteiger partial charge in [-0.05, 0) is 30.5 Å². The van der Waals surface area contributed by atoms with E-state index >= 15 is 0 Å². The zero-order valence-corrected chi connectivity index (χ0v) is 12.3. The summed E-state index contributed by atoms with van der Waals surface area (Å²) in [5, 5.41) is 15.9. The molecule has 2 heterocycles. The number of ether oxygens (including phenoxy) is 2. The Morgan fingerprint density at radius 3 is 3.05 bits per heavy atom. The zero-order chi connectivity index (χ0) is 14.9. The maximum absolute atomic E-state index is 10.6. The van der Waals surface area contributed by atoms with Crippen LogP contribution in [0.15, 0.2) is 30.5 Å². The molecule has 1 aromatic carbocycles. The molecule has 21 heavy (non-hydrogen) atoms. The SMILES string of the molecule is COc1ccc2ccnc(NCC3(O)CCOC3C)c2c1. The number of rotatable bonds is 4. The van der Waals surface area contributed by atoms with Gasteiger partial charge in [-0.3, -0.25) is 0 Å². The Morgan fingerprint density at radius 2 is 2.33 bits per heavy atom. The average molecular weight is 288 g/mol. The predicted octanol–water partition coefficient (Wildman–Crippen LogP) is 2.20. The van der Waals surface area contributed by atoms with Crippen molar-refractivity contribution in [2.24, 2.45) is 0 Å². The Hall–Kier alpha value is -1.85. The van der Waals surface area contributed by atoms with Crippen LogP contribution in [0, 0.1) is 0 Å². The van der Waals surface area contributed by atoms with Crippen molar-refractivity contribution in [2.75, 3.05) is 25.6 Å². The lowest BCUT2D eigenvalue weighted by atomic mass is 9.96. The van der Waals surface area contributed by atoms with Crippen molar-refractivity contribution in [3.8, 4) is 5.75 Å². The minimum atomic E-state index is -0.845. The van der Waals surface area contributed by atoms with Gasteiger partial charge in [0.05, 0.1) is 13.2 Å². The fourth-order valence-electron chi connectivity index (χ4n) is 2.66. The number of pyridine rings is 1. The molecule has 1 aromatic heterocycles. The van der Waals surface area contributed by atoms with Crippen LogP contribution < -0.4 is 10.1 Å².